The van der Waals surface area contributed by atoms with Crippen molar-refractivity contribution in [3.8, 4) is 0 Å². The minimum absolute atomic E-state index is 0.00217. The van der Waals surface area contributed by atoms with Crippen LogP contribution < -0.4 is 0 Å². The highest BCUT2D eigenvalue weighted by atomic mass is 28.4. The molecule has 15 heteroatoms. The molecular formula is C56H106O12Si3. The zero-order valence-electron chi connectivity index (χ0n) is 49.4. The Bertz CT molecular complexity index is 1820. The van der Waals surface area contributed by atoms with Crippen LogP contribution in [0.3, 0.4) is 0 Å². The number of carboxylic acid groups (broad SMARTS) is 1. The van der Waals surface area contributed by atoms with Crippen molar-refractivity contribution in [3.05, 3.63) is 58.7 Å². The normalized spacial score (nSPS) is 25.2. The van der Waals surface area contributed by atoms with Gasteiger partial charge in [0, 0.05) is 57.5 Å². The van der Waals surface area contributed by atoms with Gasteiger partial charge in [-0.1, -0.05) is 130 Å². The zero-order chi connectivity index (χ0) is 55.5. The summed E-state index contributed by atoms with van der Waals surface area (Å²) in [5, 5.41) is 45.1. The average molecular weight is 1060 g/mol. The van der Waals surface area contributed by atoms with Gasteiger partial charge in [0.1, 0.15) is 6.10 Å². The molecule has 0 saturated carbocycles. The van der Waals surface area contributed by atoms with Gasteiger partial charge in [0.2, 0.25) is 5.79 Å². The number of allylic oxidation sites excluding steroid dienone is 7. The van der Waals surface area contributed by atoms with E-state index >= 15 is 0 Å². The summed E-state index contributed by atoms with van der Waals surface area (Å²) in [6.45, 7) is 47.4. The second-order valence-corrected chi connectivity index (χ2v) is 39.6. The van der Waals surface area contributed by atoms with Crippen molar-refractivity contribution in [2.45, 2.75) is 245 Å². The van der Waals surface area contributed by atoms with E-state index < -0.39 is 73.1 Å². The molecule has 1 heterocycles. The lowest BCUT2D eigenvalue weighted by atomic mass is 9.76. The molecule has 71 heavy (non-hydrogen) atoms. The molecule has 1 saturated heterocycles. The lowest BCUT2D eigenvalue weighted by Gasteiger charge is -2.56. The summed E-state index contributed by atoms with van der Waals surface area (Å²) in [4.78, 5) is 11.4. The summed E-state index contributed by atoms with van der Waals surface area (Å²) in [5.74, 6) is -3.20. The van der Waals surface area contributed by atoms with E-state index in [1.54, 1.807) is 20.1 Å². The Hall–Kier alpha value is -1.58. The van der Waals surface area contributed by atoms with Gasteiger partial charge in [0.05, 0.1) is 49.3 Å². The van der Waals surface area contributed by atoms with Gasteiger partial charge < -0.3 is 52.7 Å². The Balaban J connectivity index is 3.48. The molecular weight excluding hydrogens is 949 g/mol. The van der Waals surface area contributed by atoms with Crippen LogP contribution in [0.4, 0.5) is 0 Å². The van der Waals surface area contributed by atoms with Crippen LogP contribution in [-0.2, 0) is 37.0 Å². The molecule has 0 radical (unpaired) electrons. The maximum absolute atomic E-state index is 12.4. The molecule has 12 atom stereocenters. The summed E-state index contributed by atoms with van der Waals surface area (Å²) in [7, 11) is -2.08. The van der Waals surface area contributed by atoms with Crippen LogP contribution >= 0.6 is 0 Å². The van der Waals surface area contributed by atoms with Crippen molar-refractivity contribution in [3.63, 3.8) is 0 Å². The topological polar surface area (TPSA) is 163 Å². The van der Waals surface area contributed by atoms with E-state index in [0.29, 0.717) is 25.9 Å². The molecule has 1 fully saturated rings. The van der Waals surface area contributed by atoms with Crippen molar-refractivity contribution in [1.82, 2.24) is 0 Å². The van der Waals surface area contributed by atoms with Crippen LogP contribution in [0.25, 0.3) is 0 Å². The Morgan fingerprint density at radius 3 is 1.77 bits per heavy atom. The van der Waals surface area contributed by atoms with Crippen LogP contribution in [-0.4, -0.2) is 134 Å². The molecule has 0 aromatic heterocycles. The van der Waals surface area contributed by atoms with Crippen molar-refractivity contribution < 1.29 is 57.4 Å². The molecule has 0 aromatic rings. The number of hydrogen-bond donors (Lipinski definition) is 4. The zero-order valence-corrected chi connectivity index (χ0v) is 52.4. The SMILES string of the molecule is COC[C@@H](C[C@H]1O[C@@](OC)([C@H](O)[C@@H](O)C[C@H](OC)[C@@H](O)CC/C=C(C)/C=C/[C@@H](O[Si](C)(C)C(C)(C)C)[C@H](C)/C=C(C)/C=C(C)/C=C(\C)C(=O)O)[C@H](C)[C@@H](O[Si](C)(C)C(C)(C)C)[C@H]1C)O[Si](C)(C)C(C)(C)C. The van der Waals surface area contributed by atoms with Gasteiger partial charge in [0.25, 0.3) is 0 Å². The molecule has 0 aliphatic carbocycles. The monoisotopic (exact) mass is 1050 g/mol. The van der Waals surface area contributed by atoms with Gasteiger partial charge in [-0.05, 0) is 101 Å². The highest BCUT2D eigenvalue weighted by Crippen LogP contribution is 2.48. The number of aliphatic hydroxyl groups is 3. The Labute approximate surface area is 436 Å². The van der Waals surface area contributed by atoms with Gasteiger partial charge in [-0.15, -0.1) is 0 Å². The average Bonchev–Trinajstić information content (AvgIpc) is 3.21. The molecule has 4 N–H and O–H groups in total. The quantitative estimate of drug-likeness (QED) is 0.0350. The number of ether oxygens (including phenoxy) is 4. The number of carbonyl (C=O) groups is 1. The number of hydrogen-bond acceptors (Lipinski definition) is 11. The van der Waals surface area contributed by atoms with Crippen molar-refractivity contribution >= 4 is 30.9 Å². The van der Waals surface area contributed by atoms with E-state index in [1.165, 1.54) is 14.2 Å². The lowest BCUT2D eigenvalue weighted by molar-refractivity contribution is -0.369. The van der Waals surface area contributed by atoms with Crippen LogP contribution in [0.2, 0.25) is 54.4 Å². The van der Waals surface area contributed by atoms with Crippen LogP contribution in [0.15, 0.2) is 58.7 Å². The van der Waals surface area contributed by atoms with Gasteiger partial charge in [0.15, 0.2) is 25.0 Å². The summed E-state index contributed by atoms with van der Waals surface area (Å²) >= 11 is 0. The van der Waals surface area contributed by atoms with E-state index in [-0.39, 0.29) is 57.3 Å². The summed E-state index contributed by atoms with van der Waals surface area (Å²) in [6.07, 6.45) is 7.35. The van der Waals surface area contributed by atoms with Crippen molar-refractivity contribution in [1.29, 1.82) is 0 Å². The summed E-state index contributed by atoms with van der Waals surface area (Å²) in [6, 6.07) is 0. The second kappa shape index (κ2) is 27.5. The first-order valence-corrected chi connectivity index (χ1v) is 34.8. The molecule has 0 spiro atoms. The molecule has 1 aliphatic rings. The van der Waals surface area contributed by atoms with Gasteiger partial charge >= 0.3 is 5.97 Å². The number of aliphatic carboxylic acids is 1. The third-order valence-corrected chi connectivity index (χ3v) is 29.7. The highest BCUT2D eigenvalue weighted by molar-refractivity contribution is 6.75. The second-order valence-electron chi connectivity index (χ2n) is 25.4. The predicted octanol–water partition coefficient (Wildman–Crippen LogP) is 12.5. The van der Waals surface area contributed by atoms with Crippen molar-refractivity contribution in [2.75, 3.05) is 27.9 Å². The Morgan fingerprint density at radius 2 is 1.30 bits per heavy atom. The smallest absolute Gasteiger partial charge is 0.331 e. The van der Waals surface area contributed by atoms with E-state index in [2.05, 4.69) is 140 Å². The van der Waals surface area contributed by atoms with Crippen LogP contribution in [0, 0.1) is 17.8 Å². The third kappa shape index (κ3) is 19.5. The number of rotatable bonds is 27. The molecule has 0 unspecified atom stereocenters. The number of methoxy groups -OCH3 is 3. The first-order valence-electron chi connectivity index (χ1n) is 26.1. The molecule has 0 bridgehead atoms. The third-order valence-electron chi connectivity index (χ3n) is 16.2. The minimum atomic E-state index is -2.37. The van der Waals surface area contributed by atoms with E-state index in [4.69, 9.17) is 32.2 Å². The fourth-order valence-electron chi connectivity index (χ4n) is 8.45. The lowest BCUT2D eigenvalue weighted by Crippen LogP contribution is -2.68. The summed E-state index contributed by atoms with van der Waals surface area (Å²) < 4.78 is 45.9. The summed E-state index contributed by atoms with van der Waals surface area (Å²) in [5.41, 5.74) is 3.17. The van der Waals surface area contributed by atoms with Gasteiger partial charge in [-0.25, -0.2) is 4.79 Å². The van der Waals surface area contributed by atoms with E-state index in [0.717, 1.165) is 16.7 Å². The Morgan fingerprint density at radius 1 is 0.761 bits per heavy atom. The van der Waals surface area contributed by atoms with Crippen molar-refractivity contribution in [2.24, 2.45) is 17.8 Å². The molecule has 0 amide bonds. The predicted molar refractivity (Wildman–Crippen MR) is 299 cm³/mol. The van der Waals surface area contributed by atoms with Crippen LogP contribution in [0.1, 0.15) is 136 Å². The fourth-order valence-corrected chi connectivity index (χ4v) is 12.6. The Kier molecular flexibility index (Phi) is 26.1. The van der Waals surface area contributed by atoms with Crippen LogP contribution in [0.5, 0.6) is 0 Å². The maximum Gasteiger partial charge on any atom is 0.331 e. The molecule has 414 valence electrons. The minimum Gasteiger partial charge on any atom is -0.478 e. The maximum atomic E-state index is 12.4. The highest BCUT2D eigenvalue weighted by Gasteiger charge is 2.59. The number of carboxylic acids is 1. The number of aliphatic hydroxyl groups excluding tert-OH is 3. The fraction of sp³-hybridized carbons (Fsp3) is 0.804. The molecule has 12 nitrogen and oxygen atoms in total. The standard InChI is InChI=1S/C56H106O12Si3/c1-37(29-30-47(67-70(22,23)54(11,12)13)40(4)32-38(2)31-39(3)33-41(5)52(60)61)27-26-28-45(57)49(63-18)35-46(58)51(59)56(64-19)43(7)50(68-71(24,25)55(14,15)16)42(6)48(65-56)34-44(36-62-17)66-69(20,21)53(8,9)10/h27,29-33,40,42-51,57-59H,26,28,34-36H2,1-25H3,(H,60,61)/b30-29+,37-27+,38-32+,39-31+,41-33+/t40-,42+,43-,44-,45+,46+,47-,48-,49+,50+,51-,56-/m1/s1. The molecule has 0 aromatic carbocycles. The first-order chi connectivity index (χ1) is 32.1. The van der Waals surface area contributed by atoms with E-state index in [9.17, 15) is 25.2 Å². The molecule has 1 aliphatic heterocycles. The van der Waals surface area contributed by atoms with E-state index in [1.807, 2.05) is 33.8 Å². The van der Waals surface area contributed by atoms with Gasteiger partial charge in [-0.3, -0.25) is 0 Å². The van der Waals surface area contributed by atoms with Gasteiger partial charge in [-0.2, -0.15) is 0 Å². The first kappa shape index (κ1) is 67.4. The largest absolute Gasteiger partial charge is 0.478 e. The molecule has 1 rings (SSSR count).